The van der Waals surface area contributed by atoms with Crippen LogP contribution in [0.1, 0.15) is 55.6 Å². The van der Waals surface area contributed by atoms with E-state index in [1.807, 2.05) is 50.8 Å². The summed E-state index contributed by atoms with van der Waals surface area (Å²) in [6, 6.07) is 9.21. The third kappa shape index (κ3) is 5.33. The number of rotatable bonds is 9. The third-order valence-corrected chi connectivity index (χ3v) is 5.30. The van der Waals surface area contributed by atoms with Gasteiger partial charge in [-0.15, -0.1) is 0 Å². The maximum atomic E-state index is 13.1. The molecule has 1 N–H and O–H groups in total. The second-order valence-corrected chi connectivity index (χ2v) is 7.46. The first-order valence-electron chi connectivity index (χ1n) is 11.3. The van der Waals surface area contributed by atoms with E-state index in [2.05, 4.69) is 5.32 Å². The van der Waals surface area contributed by atoms with Crippen LogP contribution in [0.25, 0.3) is 0 Å². The molecule has 1 heterocycles. The lowest BCUT2D eigenvalue weighted by atomic mass is 9.98. The highest BCUT2D eigenvalue weighted by Crippen LogP contribution is 2.39. The smallest absolute Gasteiger partial charge is 0.255 e. The minimum Gasteiger partial charge on any atom is -0.490 e. The molecule has 0 spiro atoms. The van der Waals surface area contributed by atoms with Gasteiger partial charge < -0.3 is 24.4 Å². The quantitative estimate of drug-likeness (QED) is 0.624. The minimum absolute atomic E-state index is 0.145. The summed E-state index contributed by atoms with van der Waals surface area (Å²) >= 11 is 0. The van der Waals surface area contributed by atoms with Crippen LogP contribution in [0.3, 0.4) is 0 Å². The zero-order chi connectivity index (χ0) is 23.1. The van der Waals surface area contributed by atoms with Crippen LogP contribution < -0.4 is 19.5 Å². The maximum absolute atomic E-state index is 13.1. The molecule has 2 aromatic rings. The molecule has 0 aliphatic carbocycles. The van der Waals surface area contributed by atoms with E-state index in [0.29, 0.717) is 61.3 Å². The van der Waals surface area contributed by atoms with Crippen molar-refractivity contribution in [1.82, 2.24) is 4.90 Å². The second kappa shape index (κ2) is 10.9. The fourth-order valence-corrected chi connectivity index (χ4v) is 3.79. The Kier molecular flexibility index (Phi) is 7.98. The van der Waals surface area contributed by atoms with Gasteiger partial charge in [-0.1, -0.05) is 13.0 Å². The number of nitrogens with one attached hydrogen (secondary N) is 1. The topological polar surface area (TPSA) is 77.1 Å². The van der Waals surface area contributed by atoms with E-state index in [1.165, 1.54) is 5.56 Å². The highest BCUT2D eigenvalue weighted by molar-refractivity contribution is 6.05. The second-order valence-electron chi connectivity index (χ2n) is 7.46. The summed E-state index contributed by atoms with van der Waals surface area (Å²) < 4.78 is 17.1. The number of carbonyl (C=O) groups is 2. The number of amides is 2. The zero-order valence-corrected chi connectivity index (χ0v) is 19.3. The molecular weight excluding hydrogens is 408 g/mol. The molecule has 3 rings (SSSR count). The Morgan fingerprint density at radius 1 is 0.906 bits per heavy atom. The SMILES string of the molecule is CCOc1cc(C(=O)Nc2ccc3c(c2)CN(C(=O)CC)CC3)cc(OCC)c1OCC. The Morgan fingerprint density at radius 3 is 2.16 bits per heavy atom. The van der Waals surface area contributed by atoms with E-state index in [-0.39, 0.29) is 11.8 Å². The molecule has 1 aliphatic heterocycles. The van der Waals surface area contributed by atoms with Crippen molar-refractivity contribution in [2.45, 2.75) is 47.1 Å². The Balaban J connectivity index is 1.85. The van der Waals surface area contributed by atoms with E-state index in [4.69, 9.17) is 14.2 Å². The van der Waals surface area contributed by atoms with Crippen LogP contribution in [0, 0.1) is 0 Å². The number of carbonyl (C=O) groups excluding carboxylic acids is 2. The predicted octanol–water partition coefficient (Wildman–Crippen LogP) is 4.43. The van der Waals surface area contributed by atoms with Crippen molar-refractivity contribution < 1.29 is 23.8 Å². The van der Waals surface area contributed by atoms with Crippen molar-refractivity contribution in [2.24, 2.45) is 0 Å². The number of benzene rings is 2. The Morgan fingerprint density at radius 2 is 1.56 bits per heavy atom. The number of ether oxygens (including phenoxy) is 3. The van der Waals surface area contributed by atoms with Gasteiger partial charge in [0.1, 0.15) is 0 Å². The molecule has 0 radical (unpaired) electrons. The summed E-state index contributed by atoms with van der Waals surface area (Å²) in [5.41, 5.74) is 3.37. The van der Waals surface area contributed by atoms with Gasteiger partial charge in [-0.2, -0.15) is 0 Å². The first-order valence-corrected chi connectivity index (χ1v) is 11.3. The molecule has 32 heavy (non-hydrogen) atoms. The lowest BCUT2D eigenvalue weighted by Crippen LogP contribution is -2.35. The molecule has 1 aliphatic rings. The van der Waals surface area contributed by atoms with Gasteiger partial charge in [0.15, 0.2) is 11.5 Å². The van der Waals surface area contributed by atoms with Crippen LogP contribution in [-0.2, 0) is 17.8 Å². The van der Waals surface area contributed by atoms with Crippen molar-refractivity contribution >= 4 is 17.5 Å². The number of nitrogens with zero attached hydrogens (tertiary/aromatic N) is 1. The van der Waals surface area contributed by atoms with Crippen LogP contribution >= 0.6 is 0 Å². The molecule has 0 atom stereocenters. The Labute approximate surface area is 189 Å². The summed E-state index contributed by atoms with van der Waals surface area (Å²) in [6.07, 6.45) is 1.32. The first kappa shape index (κ1) is 23.4. The lowest BCUT2D eigenvalue weighted by molar-refractivity contribution is -0.131. The van der Waals surface area contributed by atoms with Crippen molar-refractivity contribution in [3.05, 3.63) is 47.0 Å². The van der Waals surface area contributed by atoms with Gasteiger partial charge in [0.2, 0.25) is 11.7 Å². The van der Waals surface area contributed by atoms with Gasteiger partial charge in [0.25, 0.3) is 5.91 Å². The average molecular weight is 441 g/mol. The highest BCUT2D eigenvalue weighted by Gasteiger charge is 2.21. The molecule has 0 aromatic heterocycles. The number of hydrogen-bond acceptors (Lipinski definition) is 5. The maximum Gasteiger partial charge on any atom is 0.255 e. The van der Waals surface area contributed by atoms with Gasteiger partial charge in [0, 0.05) is 30.8 Å². The number of fused-ring (bicyclic) bond motifs is 1. The van der Waals surface area contributed by atoms with Crippen molar-refractivity contribution in [3.63, 3.8) is 0 Å². The molecule has 2 amide bonds. The summed E-state index contributed by atoms with van der Waals surface area (Å²) in [5.74, 6) is 1.33. The van der Waals surface area contributed by atoms with Crippen LogP contribution in [0.2, 0.25) is 0 Å². The fourth-order valence-electron chi connectivity index (χ4n) is 3.79. The largest absolute Gasteiger partial charge is 0.490 e. The van der Waals surface area contributed by atoms with E-state index in [1.54, 1.807) is 12.1 Å². The zero-order valence-electron chi connectivity index (χ0n) is 19.3. The van der Waals surface area contributed by atoms with Crippen LogP contribution in [-0.4, -0.2) is 43.1 Å². The molecule has 7 nitrogen and oxygen atoms in total. The van der Waals surface area contributed by atoms with Crippen molar-refractivity contribution in [1.29, 1.82) is 0 Å². The predicted molar refractivity (Wildman–Crippen MR) is 124 cm³/mol. The Bertz CT molecular complexity index is 946. The van der Waals surface area contributed by atoms with E-state index < -0.39 is 0 Å². The average Bonchev–Trinajstić information content (AvgIpc) is 2.80. The molecule has 7 heteroatoms. The lowest BCUT2D eigenvalue weighted by Gasteiger charge is -2.29. The number of anilines is 1. The van der Waals surface area contributed by atoms with Gasteiger partial charge in [-0.25, -0.2) is 0 Å². The molecule has 0 unspecified atom stereocenters. The molecular formula is C25H32N2O5. The summed E-state index contributed by atoms with van der Waals surface area (Å²) in [5, 5.41) is 2.96. The standard InChI is InChI=1S/C25H32N2O5/c1-5-23(28)27-12-11-17-9-10-20(13-19(17)16-27)26-25(29)18-14-21(30-6-2)24(32-8-4)22(15-18)31-7-3/h9-10,13-15H,5-8,11-12,16H2,1-4H3,(H,26,29). The van der Waals surface area contributed by atoms with Crippen molar-refractivity contribution in [2.75, 3.05) is 31.7 Å². The summed E-state index contributed by atoms with van der Waals surface area (Å²) in [7, 11) is 0. The van der Waals surface area contributed by atoms with E-state index >= 15 is 0 Å². The van der Waals surface area contributed by atoms with Gasteiger partial charge in [-0.3, -0.25) is 9.59 Å². The summed E-state index contributed by atoms with van der Waals surface area (Å²) in [6.45, 7) is 10.2. The van der Waals surface area contributed by atoms with Gasteiger partial charge >= 0.3 is 0 Å². The first-order chi connectivity index (χ1) is 15.5. The molecule has 0 bridgehead atoms. The summed E-state index contributed by atoms with van der Waals surface area (Å²) in [4.78, 5) is 27.0. The van der Waals surface area contributed by atoms with E-state index in [9.17, 15) is 9.59 Å². The van der Waals surface area contributed by atoms with Crippen LogP contribution in [0.4, 0.5) is 5.69 Å². The van der Waals surface area contributed by atoms with Crippen LogP contribution in [0.5, 0.6) is 17.2 Å². The molecule has 2 aromatic carbocycles. The third-order valence-electron chi connectivity index (χ3n) is 5.30. The van der Waals surface area contributed by atoms with Gasteiger partial charge in [0.05, 0.1) is 19.8 Å². The van der Waals surface area contributed by atoms with E-state index in [0.717, 1.165) is 18.5 Å². The highest BCUT2D eigenvalue weighted by atomic mass is 16.5. The monoisotopic (exact) mass is 440 g/mol. The van der Waals surface area contributed by atoms with Crippen molar-refractivity contribution in [3.8, 4) is 17.2 Å². The normalized spacial score (nSPS) is 12.7. The molecule has 0 saturated heterocycles. The molecule has 0 fully saturated rings. The molecule has 0 saturated carbocycles. The number of hydrogen-bond donors (Lipinski definition) is 1. The van der Waals surface area contributed by atoms with Crippen LogP contribution in [0.15, 0.2) is 30.3 Å². The fraction of sp³-hybridized carbons (Fsp3) is 0.440. The minimum atomic E-state index is -0.271. The van der Waals surface area contributed by atoms with Gasteiger partial charge in [-0.05, 0) is 62.6 Å². The Hall–Kier alpha value is -3.22. The molecule has 172 valence electrons.